The maximum atomic E-state index is 13.1. The number of benzene rings is 2. The first-order valence-electron chi connectivity index (χ1n) is 11.0. The molecule has 0 aliphatic carbocycles. The molecule has 1 heterocycles. The Bertz CT molecular complexity index is 1140. The average molecular weight is 475 g/mol. The first kappa shape index (κ1) is 24.7. The van der Waals surface area contributed by atoms with Crippen LogP contribution in [-0.2, 0) is 26.0 Å². The number of hydrogen-bond acceptors (Lipinski definition) is 6. The van der Waals surface area contributed by atoms with Crippen molar-refractivity contribution < 1.29 is 27.5 Å². The summed E-state index contributed by atoms with van der Waals surface area (Å²) in [6.45, 7) is 7.48. The van der Waals surface area contributed by atoms with Gasteiger partial charge in [-0.25, -0.2) is 13.2 Å². The molecule has 2 aromatic rings. The minimum Gasteiger partial charge on any atom is -0.495 e. The molecule has 0 N–H and O–H groups in total. The number of carbonyl (C=O) groups excluding carboxylic acids is 2. The lowest BCUT2D eigenvalue weighted by molar-refractivity contribution is -0.126. The Morgan fingerprint density at radius 1 is 1.15 bits per heavy atom. The second-order valence-electron chi connectivity index (χ2n) is 7.89. The Morgan fingerprint density at radius 2 is 1.82 bits per heavy atom. The standard InChI is InChI=1S/C24H30N2O6S/c1-6-25(7-2)33(29,30)22-15-19(12-13-21(22)31-5)24(28)32-17(4)23(27)26-16(3)14-18-10-8-9-11-20(18)26/h8-13,15-17H,6-7,14H2,1-5H3/t16-,17-/m1/s1. The molecule has 1 amide bonds. The van der Waals surface area contributed by atoms with Crippen molar-refractivity contribution in [2.24, 2.45) is 0 Å². The van der Waals surface area contributed by atoms with Gasteiger partial charge in [-0.05, 0) is 50.1 Å². The smallest absolute Gasteiger partial charge is 0.338 e. The number of sulfonamides is 1. The van der Waals surface area contributed by atoms with Crippen LogP contribution in [0.15, 0.2) is 47.4 Å². The summed E-state index contributed by atoms with van der Waals surface area (Å²) < 4.78 is 38.0. The molecule has 0 aromatic heterocycles. The van der Waals surface area contributed by atoms with E-state index in [9.17, 15) is 18.0 Å². The van der Waals surface area contributed by atoms with Crippen LogP contribution in [0, 0.1) is 0 Å². The van der Waals surface area contributed by atoms with Crippen molar-refractivity contribution in [2.45, 2.75) is 51.2 Å². The van der Waals surface area contributed by atoms with Crippen molar-refractivity contribution in [3.05, 3.63) is 53.6 Å². The molecular formula is C24H30N2O6S. The molecule has 0 saturated carbocycles. The molecule has 0 unspecified atom stereocenters. The van der Waals surface area contributed by atoms with Crippen LogP contribution in [0.5, 0.6) is 5.75 Å². The zero-order valence-electron chi connectivity index (χ0n) is 19.6. The Balaban J connectivity index is 1.84. The van der Waals surface area contributed by atoms with E-state index in [0.717, 1.165) is 17.7 Å². The monoisotopic (exact) mass is 474 g/mol. The minimum atomic E-state index is -3.87. The molecule has 0 bridgehead atoms. The Morgan fingerprint density at radius 3 is 2.45 bits per heavy atom. The summed E-state index contributed by atoms with van der Waals surface area (Å²) in [5, 5.41) is 0. The highest BCUT2D eigenvalue weighted by atomic mass is 32.2. The van der Waals surface area contributed by atoms with Gasteiger partial charge in [-0.3, -0.25) is 4.79 Å². The first-order valence-corrected chi connectivity index (χ1v) is 12.4. The Hall–Kier alpha value is -2.91. The summed E-state index contributed by atoms with van der Waals surface area (Å²) in [6, 6.07) is 11.7. The van der Waals surface area contributed by atoms with Gasteiger partial charge in [0, 0.05) is 24.8 Å². The lowest BCUT2D eigenvalue weighted by atomic mass is 10.1. The summed E-state index contributed by atoms with van der Waals surface area (Å²) in [7, 11) is -2.51. The number of fused-ring (bicyclic) bond motifs is 1. The fourth-order valence-electron chi connectivity index (χ4n) is 4.08. The van der Waals surface area contributed by atoms with E-state index in [0.29, 0.717) is 0 Å². The number of amides is 1. The quantitative estimate of drug-likeness (QED) is 0.546. The number of nitrogens with zero attached hydrogens (tertiary/aromatic N) is 2. The number of esters is 1. The highest BCUT2D eigenvalue weighted by Crippen LogP contribution is 2.33. The number of anilines is 1. The van der Waals surface area contributed by atoms with Crippen LogP contribution in [-0.4, -0.2) is 56.9 Å². The van der Waals surface area contributed by atoms with E-state index >= 15 is 0 Å². The topological polar surface area (TPSA) is 93.2 Å². The van der Waals surface area contributed by atoms with Gasteiger partial charge in [0.2, 0.25) is 10.0 Å². The number of carbonyl (C=O) groups is 2. The Labute approximate surface area is 195 Å². The van der Waals surface area contributed by atoms with Crippen LogP contribution in [0.4, 0.5) is 5.69 Å². The van der Waals surface area contributed by atoms with Crippen LogP contribution in [0.1, 0.15) is 43.6 Å². The van der Waals surface area contributed by atoms with Crippen molar-refractivity contribution in [1.29, 1.82) is 0 Å². The zero-order chi connectivity index (χ0) is 24.3. The van der Waals surface area contributed by atoms with E-state index < -0.39 is 22.1 Å². The number of ether oxygens (including phenoxy) is 2. The van der Waals surface area contributed by atoms with Crippen molar-refractivity contribution in [2.75, 3.05) is 25.1 Å². The summed E-state index contributed by atoms with van der Waals surface area (Å²) in [4.78, 5) is 27.5. The lowest BCUT2D eigenvalue weighted by Gasteiger charge is -2.26. The van der Waals surface area contributed by atoms with Crippen molar-refractivity contribution in [1.82, 2.24) is 4.31 Å². The molecular weight excluding hydrogens is 444 g/mol. The molecule has 9 heteroatoms. The van der Waals surface area contributed by atoms with Gasteiger partial charge in [0.05, 0.1) is 12.7 Å². The predicted molar refractivity (Wildman–Crippen MR) is 125 cm³/mol. The molecule has 0 saturated heterocycles. The molecule has 1 aliphatic heterocycles. The van der Waals surface area contributed by atoms with Gasteiger partial charge in [0.15, 0.2) is 6.10 Å². The third kappa shape index (κ3) is 4.74. The van der Waals surface area contributed by atoms with Gasteiger partial charge in [0.1, 0.15) is 10.6 Å². The zero-order valence-corrected chi connectivity index (χ0v) is 20.4. The number of para-hydroxylation sites is 1. The fourth-order valence-corrected chi connectivity index (χ4v) is 5.72. The third-order valence-corrected chi connectivity index (χ3v) is 7.87. The van der Waals surface area contributed by atoms with Crippen LogP contribution < -0.4 is 9.64 Å². The lowest BCUT2D eigenvalue weighted by Crippen LogP contribution is -2.43. The highest BCUT2D eigenvalue weighted by Gasteiger charge is 2.35. The molecule has 0 spiro atoms. The average Bonchev–Trinajstić information content (AvgIpc) is 3.14. The number of hydrogen-bond donors (Lipinski definition) is 0. The Kier molecular flexibility index (Phi) is 7.44. The minimum absolute atomic E-state index is 0.0241. The molecule has 178 valence electrons. The van der Waals surface area contributed by atoms with Gasteiger partial charge >= 0.3 is 5.97 Å². The molecule has 1 aliphatic rings. The van der Waals surface area contributed by atoms with Crippen molar-refractivity contribution >= 4 is 27.6 Å². The SMILES string of the molecule is CCN(CC)S(=O)(=O)c1cc(C(=O)O[C@H](C)C(=O)N2c3ccccc3C[C@H]2C)ccc1OC. The van der Waals surface area contributed by atoms with E-state index in [4.69, 9.17) is 9.47 Å². The third-order valence-electron chi connectivity index (χ3n) is 5.80. The van der Waals surface area contributed by atoms with E-state index in [-0.39, 0.29) is 41.2 Å². The van der Waals surface area contributed by atoms with Gasteiger partial charge in [-0.15, -0.1) is 0 Å². The molecule has 33 heavy (non-hydrogen) atoms. The fraction of sp³-hybridized carbons (Fsp3) is 0.417. The second kappa shape index (κ2) is 9.93. The maximum absolute atomic E-state index is 13.1. The second-order valence-corrected chi connectivity index (χ2v) is 9.80. The first-order chi connectivity index (χ1) is 15.6. The van der Waals surface area contributed by atoms with Crippen LogP contribution in [0.25, 0.3) is 0 Å². The van der Waals surface area contributed by atoms with Crippen LogP contribution in [0.2, 0.25) is 0 Å². The summed E-state index contributed by atoms with van der Waals surface area (Å²) in [6.07, 6.45) is -0.316. The molecule has 3 rings (SSSR count). The molecule has 2 aromatic carbocycles. The van der Waals surface area contributed by atoms with E-state index in [1.807, 2.05) is 31.2 Å². The summed E-state index contributed by atoms with van der Waals surface area (Å²) in [5.74, 6) is -0.981. The maximum Gasteiger partial charge on any atom is 0.338 e. The van der Waals surface area contributed by atoms with Crippen molar-refractivity contribution in [3.8, 4) is 5.75 Å². The van der Waals surface area contributed by atoms with Gasteiger partial charge < -0.3 is 14.4 Å². The predicted octanol–water partition coefficient (Wildman–Crippen LogP) is 3.25. The van der Waals surface area contributed by atoms with E-state index in [2.05, 4.69) is 0 Å². The molecule has 0 fully saturated rings. The summed E-state index contributed by atoms with van der Waals surface area (Å²) in [5.41, 5.74) is 1.91. The molecule has 2 atom stereocenters. The number of methoxy groups -OCH3 is 1. The van der Waals surface area contributed by atoms with Gasteiger partial charge in [-0.1, -0.05) is 32.0 Å². The normalized spacial score (nSPS) is 16.4. The van der Waals surface area contributed by atoms with Gasteiger partial charge in [0.25, 0.3) is 5.91 Å². The molecule has 8 nitrogen and oxygen atoms in total. The van der Waals surface area contributed by atoms with Gasteiger partial charge in [-0.2, -0.15) is 4.31 Å². The molecule has 0 radical (unpaired) electrons. The van der Waals surface area contributed by atoms with Crippen molar-refractivity contribution in [3.63, 3.8) is 0 Å². The largest absolute Gasteiger partial charge is 0.495 e. The van der Waals surface area contributed by atoms with E-state index in [1.54, 1.807) is 18.7 Å². The van der Waals surface area contributed by atoms with Crippen LogP contribution >= 0.6 is 0 Å². The summed E-state index contributed by atoms with van der Waals surface area (Å²) >= 11 is 0. The van der Waals surface area contributed by atoms with Crippen LogP contribution in [0.3, 0.4) is 0 Å². The van der Waals surface area contributed by atoms with E-state index in [1.165, 1.54) is 36.5 Å². The number of rotatable bonds is 8. The highest BCUT2D eigenvalue weighted by molar-refractivity contribution is 7.89.